The largest absolute Gasteiger partial charge is 0.0863 e. The first-order valence-corrected chi connectivity index (χ1v) is 9.79. The lowest BCUT2D eigenvalue weighted by molar-refractivity contribution is 0.408. The summed E-state index contributed by atoms with van der Waals surface area (Å²) in [4.78, 5) is 0. The zero-order chi connectivity index (χ0) is 15.6. The van der Waals surface area contributed by atoms with Crippen molar-refractivity contribution < 1.29 is 0 Å². The van der Waals surface area contributed by atoms with E-state index in [1.165, 1.54) is 0 Å². The first kappa shape index (κ1) is 18.1. The molecule has 1 aromatic rings. The Bertz CT molecular complexity index is 383. The minimum atomic E-state index is 0.393. The molecular weight excluding hydrogens is 278 g/mol. The standard InChI is InChI=1S/C18H32P2/c1-13(17(3,4)5)19-15-11-9-10-12-16(15)20-14(2)18(6,7)8/h9-14,19-20H,1-8H3. The van der Waals surface area contributed by atoms with Gasteiger partial charge in [-0.15, -0.1) is 0 Å². The highest BCUT2D eigenvalue weighted by Crippen LogP contribution is 2.37. The van der Waals surface area contributed by atoms with Crippen LogP contribution in [-0.4, -0.2) is 11.3 Å². The minimum Gasteiger partial charge on any atom is -0.0863 e. The highest BCUT2D eigenvalue weighted by atomic mass is 31.1. The topological polar surface area (TPSA) is 0 Å². The fourth-order valence-corrected chi connectivity index (χ4v) is 4.73. The van der Waals surface area contributed by atoms with Gasteiger partial charge in [-0.2, -0.15) is 0 Å². The van der Waals surface area contributed by atoms with Crippen LogP contribution in [-0.2, 0) is 0 Å². The Morgan fingerprint density at radius 1 is 0.700 bits per heavy atom. The fourth-order valence-electron chi connectivity index (χ4n) is 1.63. The van der Waals surface area contributed by atoms with Gasteiger partial charge >= 0.3 is 0 Å². The maximum absolute atomic E-state index is 2.39. The van der Waals surface area contributed by atoms with Gasteiger partial charge in [0.2, 0.25) is 0 Å². The summed E-state index contributed by atoms with van der Waals surface area (Å²) < 4.78 is 0. The van der Waals surface area contributed by atoms with Gasteiger partial charge < -0.3 is 0 Å². The molecule has 0 amide bonds. The molecule has 1 aromatic carbocycles. The first-order valence-electron chi connectivity index (χ1n) is 7.64. The zero-order valence-electron chi connectivity index (χ0n) is 14.5. The van der Waals surface area contributed by atoms with Gasteiger partial charge in [0, 0.05) is 0 Å². The number of rotatable bonds is 4. The van der Waals surface area contributed by atoms with E-state index in [9.17, 15) is 0 Å². The van der Waals surface area contributed by atoms with Crippen molar-refractivity contribution in [2.75, 3.05) is 0 Å². The number of hydrogen-bond donors (Lipinski definition) is 0. The molecule has 1 rings (SSSR count). The van der Waals surface area contributed by atoms with Crippen molar-refractivity contribution in [3.8, 4) is 0 Å². The number of hydrogen-bond acceptors (Lipinski definition) is 0. The van der Waals surface area contributed by atoms with Crippen molar-refractivity contribution >= 4 is 27.8 Å². The molecule has 4 unspecified atom stereocenters. The normalized spacial score (nSPS) is 17.2. The van der Waals surface area contributed by atoms with Gasteiger partial charge in [0.05, 0.1) is 0 Å². The number of benzene rings is 1. The van der Waals surface area contributed by atoms with E-state index in [0.717, 1.165) is 28.5 Å². The highest BCUT2D eigenvalue weighted by molar-refractivity contribution is 7.55. The van der Waals surface area contributed by atoms with Crippen LogP contribution in [0, 0.1) is 10.8 Å². The fraction of sp³-hybridized carbons (Fsp3) is 0.667. The summed E-state index contributed by atoms with van der Waals surface area (Å²) in [5, 5.41) is 3.17. The van der Waals surface area contributed by atoms with Crippen molar-refractivity contribution in [2.45, 2.75) is 66.7 Å². The Balaban J connectivity index is 2.89. The highest BCUT2D eigenvalue weighted by Gasteiger charge is 2.23. The zero-order valence-corrected chi connectivity index (χ0v) is 16.5. The molecular formula is C18H32P2. The predicted octanol–water partition coefficient (Wildman–Crippen LogP) is 5.16. The van der Waals surface area contributed by atoms with Gasteiger partial charge in [0.25, 0.3) is 0 Å². The summed E-state index contributed by atoms with van der Waals surface area (Å²) in [6, 6.07) is 9.09. The second kappa shape index (κ2) is 6.89. The monoisotopic (exact) mass is 310 g/mol. The van der Waals surface area contributed by atoms with E-state index in [1.54, 1.807) is 10.6 Å². The molecule has 0 aromatic heterocycles. The minimum absolute atomic E-state index is 0.393. The Hall–Kier alpha value is 0.0800. The van der Waals surface area contributed by atoms with Crippen LogP contribution in [0.1, 0.15) is 55.4 Å². The van der Waals surface area contributed by atoms with E-state index in [2.05, 4.69) is 79.7 Å². The molecule has 114 valence electrons. The molecule has 0 N–H and O–H groups in total. The van der Waals surface area contributed by atoms with Gasteiger partial charge in [0.15, 0.2) is 0 Å². The smallest absolute Gasteiger partial charge is 0.0176 e. The van der Waals surface area contributed by atoms with Crippen molar-refractivity contribution in [3.63, 3.8) is 0 Å². The summed E-state index contributed by atoms with van der Waals surface area (Å²) in [6.45, 7) is 18.9. The average Bonchev–Trinajstić information content (AvgIpc) is 2.29. The molecule has 2 heteroatoms. The molecule has 0 spiro atoms. The lowest BCUT2D eigenvalue weighted by Gasteiger charge is -2.30. The third-order valence-corrected chi connectivity index (χ3v) is 8.61. The van der Waals surface area contributed by atoms with Crippen LogP contribution in [0.3, 0.4) is 0 Å². The molecule has 0 radical (unpaired) electrons. The Morgan fingerprint density at radius 3 is 1.25 bits per heavy atom. The maximum atomic E-state index is 2.39. The molecule has 0 saturated carbocycles. The molecule has 0 heterocycles. The van der Waals surface area contributed by atoms with E-state index in [1.807, 2.05) is 0 Å². The SMILES string of the molecule is CC(Pc1ccccc1PC(C)C(C)(C)C)C(C)(C)C. The molecule has 0 aliphatic heterocycles. The molecule has 0 fully saturated rings. The molecule has 0 aliphatic carbocycles. The predicted molar refractivity (Wildman–Crippen MR) is 100 cm³/mol. The van der Waals surface area contributed by atoms with Crippen LogP contribution in [0.25, 0.3) is 0 Å². The van der Waals surface area contributed by atoms with Gasteiger partial charge in [-0.1, -0.05) is 96.8 Å². The second-order valence-electron chi connectivity index (χ2n) is 8.01. The molecule has 0 aliphatic rings. The quantitative estimate of drug-likeness (QED) is 0.674. The summed E-state index contributed by atoms with van der Waals surface area (Å²) in [7, 11) is 1.84. The third-order valence-electron chi connectivity index (χ3n) is 4.27. The van der Waals surface area contributed by atoms with E-state index in [4.69, 9.17) is 0 Å². The van der Waals surface area contributed by atoms with Crippen LogP contribution in [0.2, 0.25) is 0 Å². The lowest BCUT2D eigenvalue weighted by Crippen LogP contribution is -2.28. The van der Waals surface area contributed by atoms with E-state index in [0.29, 0.717) is 10.8 Å². The lowest BCUT2D eigenvalue weighted by atomic mass is 9.93. The van der Waals surface area contributed by atoms with Crippen LogP contribution < -0.4 is 10.6 Å². The second-order valence-corrected chi connectivity index (χ2v) is 11.4. The molecule has 0 saturated heterocycles. The van der Waals surface area contributed by atoms with Crippen LogP contribution in [0.4, 0.5) is 0 Å². The van der Waals surface area contributed by atoms with Gasteiger partial charge in [-0.3, -0.25) is 0 Å². The van der Waals surface area contributed by atoms with Gasteiger partial charge in [-0.25, -0.2) is 0 Å². The Morgan fingerprint density at radius 2 is 1.00 bits per heavy atom. The molecule has 20 heavy (non-hydrogen) atoms. The van der Waals surface area contributed by atoms with Gasteiger partial charge in [-0.05, 0) is 32.8 Å². The summed E-state index contributed by atoms with van der Waals surface area (Å²) in [5.41, 5.74) is 2.26. The van der Waals surface area contributed by atoms with Crippen molar-refractivity contribution in [2.24, 2.45) is 10.8 Å². The van der Waals surface area contributed by atoms with E-state index < -0.39 is 0 Å². The van der Waals surface area contributed by atoms with Crippen LogP contribution >= 0.6 is 17.2 Å². The Labute approximate surface area is 130 Å². The molecule has 0 nitrogen and oxygen atoms in total. The first-order chi connectivity index (χ1) is 9.01. The van der Waals surface area contributed by atoms with Crippen molar-refractivity contribution in [1.29, 1.82) is 0 Å². The summed E-state index contributed by atoms with van der Waals surface area (Å²) in [5.74, 6) is 0. The average molecular weight is 310 g/mol. The summed E-state index contributed by atoms with van der Waals surface area (Å²) in [6.07, 6.45) is 0. The van der Waals surface area contributed by atoms with Crippen LogP contribution in [0.15, 0.2) is 24.3 Å². The van der Waals surface area contributed by atoms with E-state index >= 15 is 0 Å². The molecule has 0 bridgehead atoms. The summed E-state index contributed by atoms with van der Waals surface area (Å²) >= 11 is 0. The molecule has 4 atom stereocenters. The van der Waals surface area contributed by atoms with Crippen LogP contribution in [0.5, 0.6) is 0 Å². The Kier molecular flexibility index (Phi) is 6.25. The maximum Gasteiger partial charge on any atom is -0.0176 e. The third kappa shape index (κ3) is 5.46. The van der Waals surface area contributed by atoms with Gasteiger partial charge in [0.1, 0.15) is 0 Å². The van der Waals surface area contributed by atoms with E-state index in [-0.39, 0.29) is 0 Å². The van der Waals surface area contributed by atoms with Crippen molar-refractivity contribution in [3.05, 3.63) is 24.3 Å². The van der Waals surface area contributed by atoms with Crippen molar-refractivity contribution in [1.82, 2.24) is 0 Å².